The maximum atomic E-state index is 13.3. The number of piperazine rings is 1. The Morgan fingerprint density at radius 1 is 0.857 bits per heavy atom. The van der Waals surface area contributed by atoms with E-state index >= 15 is 0 Å². The van der Waals surface area contributed by atoms with Gasteiger partial charge in [-0.05, 0) is 55.9 Å². The zero-order chi connectivity index (χ0) is 25.5. The van der Waals surface area contributed by atoms with Crippen molar-refractivity contribution in [1.29, 1.82) is 0 Å². The summed E-state index contributed by atoms with van der Waals surface area (Å²) >= 11 is 0. The highest BCUT2D eigenvalue weighted by molar-refractivity contribution is 5.98. The van der Waals surface area contributed by atoms with Gasteiger partial charge >= 0.3 is 0 Å². The molecule has 1 saturated heterocycles. The van der Waals surface area contributed by atoms with Crippen LogP contribution in [0.25, 0.3) is 0 Å². The van der Waals surface area contributed by atoms with Gasteiger partial charge < -0.3 is 15.5 Å². The SMILES string of the molecule is Cc1ccccc1C(=O)NC(CC(C)C)C(=O)N1CCN(CC(=O)Nc2c(C)cccc2C)CC1. The summed E-state index contributed by atoms with van der Waals surface area (Å²) in [5, 5.41) is 6.01. The van der Waals surface area contributed by atoms with Crippen molar-refractivity contribution in [3.05, 3.63) is 64.7 Å². The first-order chi connectivity index (χ1) is 16.7. The summed E-state index contributed by atoms with van der Waals surface area (Å²) in [6, 6.07) is 12.8. The summed E-state index contributed by atoms with van der Waals surface area (Å²) in [6.07, 6.45) is 0.578. The number of rotatable bonds is 8. The van der Waals surface area contributed by atoms with E-state index in [1.54, 1.807) is 6.07 Å². The van der Waals surface area contributed by atoms with E-state index in [2.05, 4.69) is 15.5 Å². The maximum absolute atomic E-state index is 13.3. The lowest BCUT2D eigenvalue weighted by molar-refractivity contribution is -0.135. The second kappa shape index (κ2) is 12.0. The molecule has 0 saturated carbocycles. The van der Waals surface area contributed by atoms with E-state index in [1.807, 2.05) is 75.9 Å². The molecule has 2 aromatic carbocycles. The average Bonchev–Trinajstić information content (AvgIpc) is 2.81. The summed E-state index contributed by atoms with van der Waals surface area (Å²) in [7, 11) is 0. The van der Waals surface area contributed by atoms with E-state index in [0.717, 1.165) is 22.4 Å². The van der Waals surface area contributed by atoms with Crippen LogP contribution in [0.15, 0.2) is 42.5 Å². The molecule has 1 aliphatic rings. The molecule has 7 nitrogen and oxygen atoms in total. The van der Waals surface area contributed by atoms with Gasteiger partial charge in [0.2, 0.25) is 11.8 Å². The molecular weight excluding hydrogens is 440 g/mol. The summed E-state index contributed by atoms with van der Waals surface area (Å²) in [5.74, 6) is -0.0643. The van der Waals surface area contributed by atoms with Crippen molar-refractivity contribution >= 4 is 23.4 Å². The van der Waals surface area contributed by atoms with E-state index in [-0.39, 0.29) is 30.2 Å². The van der Waals surface area contributed by atoms with Crippen LogP contribution in [-0.2, 0) is 9.59 Å². The fourth-order valence-electron chi connectivity index (χ4n) is 4.50. The van der Waals surface area contributed by atoms with Crippen LogP contribution in [0.2, 0.25) is 0 Å². The van der Waals surface area contributed by atoms with Crippen LogP contribution in [0.3, 0.4) is 0 Å². The average molecular weight is 479 g/mol. The van der Waals surface area contributed by atoms with Crippen LogP contribution in [0, 0.1) is 26.7 Å². The van der Waals surface area contributed by atoms with Gasteiger partial charge in [-0.3, -0.25) is 19.3 Å². The van der Waals surface area contributed by atoms with Crippen molar-refractivity contribution in [1.82, 2.24) is 15.1 Å². The van der Waals surface area contributed by atoms with Crippen LogP contribution in [-0.4, -0.2) is 66.3 Å². The molecule has 3 amide bonds. The predicted octanol–water partition coefficient (Wildman–Crippen LogP) is 3.54. The van der Waals surface area contributed by atoms with Gasteiger partial charge in [-0.25, -0.2) is 0 Å². The van der Waals surface area contributed by atoms with Gasteiger partial charge in [0.05, 0.1) is 6.54 Å². The topological polar surface area (TPSA) is 81.8 Å². The minimum atomic E-state index is -0.569. The Kier molecular flexibility index (Phi) is 9.04. The fraction of sp³-hybridized carbons (Fsp3) is 0.464. The molecule has 2 N–H and O–H groups in total. The van der Waals surface area contributed by atoms with E-state index in [9.17, 15) is 14.4 Å². The van der Waals surface area contributed by atoms with Crippen LogP contribution in [0.4, 0.5) is 5.69 Å². The van der Waals surface area contributed by atoms with Gasteiger partial charge in [0, 0.05) is 37.4 Å². The second-order valence-corrected chi connectivity index (χ2v) is 9.89. The minimum absolute atomic E-state index is 0.0506. The highest BCUT2D eigenvalue weighted by Gasteiger charge is 2.30. The third kappa shape index (κ3) is 7.15. The second-order valence-electron chi connectivity index (χ2n) is 9.89. The zero-order valence-electron chi connectivity index (χ0n) is 21.6. The van der Waals surface area contributed by atoms with Crippen molar-refractivity contribution in [2.45, 2.75) is 47.1 Å². The Balaban J connectivity index is 1.56. The molecular formula is C28H38N4O3. The van der Waals surface area contributed by atoms with E-state index in [4.69, 9.17) is 0 Å². The number of para-hydroxylation sites is 1. The maximum Gasteiger partial charge on any atom is 0.252 e. The molecule has 1 atom stereocenters. The van der Waals surface area contributed by atoms with E-state index in [1.165, 1.54) is 0 Å². The lowest BCUT2D eigenvalue weighted by atomic mass is 10.0. The first kappa shape index (κ1) is 26.4. The first-order valence-electron chi connectivity index (χ1n) is 12.4. The summed E-state index contributed by atoms with van der Waals surface area (Å²) in [4.78, 5) is 42.7. The Labute approximate surface area is 208 Å². The Hall–Kier alpha value is -3.19. The monoisotopic (exact) mass is 478 g/mol. The minimum Gasteiger partial charge on any atom is -0.340 e. The highest BCUT2D eigenvalue weighted by atomic mass is 16.2. The summed E-state index contributed by atoms with van der Waals surface area (Å²) < 4.78 is 0. The zero-order valence-corrected chi connectivity index (χ0v) is 21.6. The quantitative estimate of drug-likeness (QED) is 0.608. The van der Waals surface area contributed by atoms with E-state index < -0.39 is 6.04 Å². The Morgan fingerprint density at radius 2 is 1.46 bits per heavy atom. The molecule has 1 heterocycles. The third-order valence-corrected chi connectivity index (χ3v) is 6.50. The van der Waals surface area contributed by atoms with Crippen LogP contribution in [0.5, 0.6) is 0 Å². The lowest BCUT2D eigenvalue weighted by Gasteiger charge is -2.36. The van der Waals surface area contributed by atoms with Crippen LogP contribution < -0.4 is 10.6 Å². The van der Waals surface area contributed by atoms with Gasteiger partial charge in [-0.2, -0.15) is 0 Å². The molecule has 0 aliphatic carbocycles. The number of aryl methyl sites for hydroxylation is 3. The molecule has 35 heavy (non-hydrogen) atoms. The third-order valence-electron chi connectivity index (χ3n) is 6.50. The predicted molar refractivity (Wildman–Crippen MR) is 139 cm³/mol. The van der Waals surface area contributed by atoms with Crippen molar-refractivity contribution in [3.63, 3.8) is 0 Å². The standard InChI is InChI=1S/C28H38N4O3/c1-19(2)17-24(29-27(34)23-12-7-6-9-20(23)3)28(35)32-15-13-31(14-16-32)18-25(33)30-26-21(4)10-8-11-22(26)5/h6-12,19,24H,13-18H2,1-5H3,(H,29,34)(H,30,33). The Bertz CT molecular complexity index is 1040. The number of nitrogens with one attached hydrogen (secondary N) is 2. The molecule has 3 rings (SSSR count). The molecule has 0 spiro atoms. The van der Waals surface area contributed by atoms with Crippen molar-refractivity contribution in [2.24, 2.45) is 5.92 Å². The molecule has 1 aliphatic heterocycles. The molecule has 7 heteroatoms. The van der Waals surface area contributed by atoms with Crippen molar-refractivity contribution in [2.75, 3.05) is 38.0 Å². The van der Waals surface area contributed by atoms with Crippen LogP contribution >= 0.6 is 0 Å². The number of carbonyl (C=O) groups is 3. The van der Waals surface area contributed by atoms with Gasteiger partial charge in [0.15, 0.2) is 0 Å². The number of amides is 3. The molecule has 188 valence electrons. The molecule has 0 aromatic heterocycles. The number of hydrogen-bond donors (Lipinski definition) is 2. The molecule has 1 unspecified atom stereocenters. The molecule has 0 radical (unpaired) electrons. The number of nitrogens with zero attached hydrogens (tertiary/aromatic N) is 2. The summed E-state index contributed by atoms with van der Waals surface area (Å²) in [5.41, 5.74) is 4.42. The largest absolute Gasteiger partial charge is 0.340 e. The molecule has 1 fully saturated rings. The van der Waals surface area contributed by atoms with Crippen LogP contribution in [0.1, 0.15) is 47.3 Å². The van der Waals surface area contributed by atoms with Gasteiger partial charge in [-0.1, -0.05) is 50.2 Å². The lowest BCUT2D eigenvalue weighted by Crippen LogP contribution is -2.56. The smallest absolute Gasteiger partial charge is 0.252 e. The Morgan fingerprint density at radius 3 is 2.06 bits per heavy atom. The van der Waals surface area contributed by atoms with Gasteiger partial charge in [0.1, 0.15) is 6.04 Å². The first-order valence-corrected chi connectivity index (χ1v) is 12.4. The van der Waals surface area contributed by atoms with Crippen molar-refractivity contribution < 1.29 is 14.4 Å². The number of benzene rings is 2. The molecule has 0 bridgehead atoms. The van der Waals surface area contributed by atoms with Crippen molar-refractivity contribution in [3.8, 4) is 0 Å². The fourth-order valence-corrected chi connectivity index (χ4v) is 4.50. The summed E-state index contributed by atoms with van der Waals surface area (Å²) in [6.45, 7) is 12.5. The van der Waals surface area contributed by atoms with Gasteiger partial charge in [-0.15, -0.1) is 0 Å². The number of carbonyl (C=O) groups excluding carboxylic acids is 3. The number of hydrogen-bond acceptors (Lipinski definition) is 4. The highest BCUT2D eigenvalue weighted by Crippen LogP contribution is 2.19. The van der Waals surface area contributed by atoms with Gasteiger partial charge in [0.25, 0.3) is 5.91 Å². The molecule has 2 aromatic rings. The normalized spacial score (nSPS) is 15.1. The number of anilines is 1. The van der Waals surface area contributed by atoms with E-state index in [0.29, 0.717) is 38.2 Å².